The van der Waals surface area contributed by atoms with E-state index in [0.717, 1.165) is 35.9 Å². The van der Waals surface area contributed by atoms with Crippen molar-refractivity contribution in [3.8, 4) is 0 Å². The first-order chi connectivity index (χ1) is 7.31. The summed E-state index contributed by atoms with van der Waals surface area (Å²) >= 11 is 1.66. The van der Waals surface area contributed by atoms with Gasteiger partial charge in [-0.25, -0.2) is 4.98 Å². The number of pyridine rings is 1. The Balaban J connectivity index is 2.12. The molecule has 1 saturated heterocycles. The molecule has 0 spiro atoms. The number of likely N-dealkylation sites (tertiary alicyclic amines) is 1. The second-order valence-corrected chi connectivity index (χ2v) is 4.75. The lowest BCUT2D eigenvalue weighted by Crippen LogP contribution is -2.42. The van der Waals surface area contributed by atoms with Crippen LogP contribution in [-0.4, -0.2) is 34.6 Å². The zero-order valence-electron chi connectivity index (χ0n) is 8.77. The number of rotatable bonds is 3. The van der Waals surface area contributed by atoms with Crippen molar-refractivity contribution in [3.63, 3.8) is 0 Å². The Labute approximate surface area is 93.9 Å². The van der Waals surface area contributed by atoms with Crippen molar-refractivity contribution >= 4 is 17.7 Å². The lowest BCUT2D eigenvalue weighted by molar-refractivity contribution is 0.0651. The molecule has 0 radical (unpaired) electrons. The zero-order valence-corrected chi connectivity index (χ0v) is 9.59. The summed E-state index contributed by atoms with van der Waals surface area (Å²) in [7, 11) is 0. The maximum absolute atomic E-state index is 11.9. The van der Waals surface area contributed by atoms with Crippen LogP contribution < -0.4 is 0 Å². The molecule has 0 aromatic carbocycles. The van der Waals surface area contributed by atoms with Gasteiger partial charge in [0.1, 0.15) is 0 Å². The minimum Gasteiger partial charge on any atom is -0.339 e. The summed E-state index contributed by atoms with van der Waals surface area (Å²) in [5.74, 6) is 1.12. The Morgan fingerprint density at radius 1 is 1.60 bits per heavy atom. The first-order valence-electron chi connectivity index (χ1n) is 5.19. The highest BCUT2D eigenvalue weighted by atomic mass is 32.2. The quantitative estimate of drug-likeness (QED) is 0.734. The molecule has 0 aliphatic carbocycles. The summed E-state index contributed by atoms with van der Waals surface area (Å²) in [6.45, 7) is 3.88. The number of aromatic nitrogens is 1. The maximum Gasteiger partial charge on any atom is 0.254 e. The van der Waals surface area contributed by atoms with E-state index in [1.165, 1.54) is 0 Å². The van der Waals surface area contributed by atoms with E-state index in [9.17, 15) is 4.79 Å². The van der Waals surface area contributed by atoms with Gasteiger partial charge >= 0.3 is 0 Å². The van der Waals surface area contributed by atoms with Crippen molar-refractivity contribution < 1.29 is 4.79 Å². The number of carbonyl (C=O) groups is 1. The van der Waals surface area contributed by atoms with Crippen molar-refractivity contribution in [2.75, 3.05) is 18.8 Å². The van der Waals surface area contributed by atoms with E-state index in [-0.39, 0.29) is 5.91 Å². The number of hydrogen-bond acceptors (Lipinski definition) is 3. The minimum atomic E-state index is 0.140. The van der Waals surface area contributed by atoms with Crippen LogP contribution in [0, 0.1) is 0 Å². The molecule has 1 aromatic rings. The van der Waals surface area contributed by atoms with Gasteiger partial charge in [0.15, 0.2) is 0 Å². The van der Waals surface area contributed by atoms with Crippen LogP contribution in [0.25, 0.3) is 0 Å². The Morgan fingerprint density at radius 2 is 2.40 bits per heavy atom. The molecule has 2 rings (SSSR count). The molecular formula is C11H14N2OS. The number of thioether (sulfide) groups is 1. The third kappa shape index (κ3) is 2.31. The zero-order chi connectivity index (χ0) is 10.7. The average molecular weight is 222 g/mol. The summed E-state index contributed by atoms with van der Waals surface area (Å²) in [5, 5.41) is 0.934. The highest BCUT2D eigenvalue weighted by molar-refractivity contribution is 7.99. The van der Waals surface area contributed by atoms with Gasteiger partial charge in [-0.3, -0.25) is 4.79 Å². The summed E-state index contributed by atoms with van der Waals surface area (Å²) in [6, 6.07) is 3.68. The van der Waals surface area contributed by atoms with Gasteiger partial charge in [0.05, 0.1) is 5.03 Å². The molecule has 0 atom stereocenters. The second-order valence-electron chi connectivity index (χ2n) is 3.46. The summed E-state index contributed by atoms with van der Waals surface area (Å²) < 4.78 is 0. The van der Waals surface area contributed by atoms with Crippen LogP contribution in [0.3, 0.4) is 0 Å². The van der Waals surface area contributed by atoms with Crippen LogP contribution in [0.4, 0.5) is 0 Å². The highest BCUT2D eigenvalue weighted by Gasteiger charge is 2.21. The number of nitrogens with zero attached hydrogens (tertiary/aromatic N) is 2. The van der Waals surface area contributed by atoms with E-state index in [1.807, 2.05) is 11.0 Å². The van der Waals surface area contributed by atoms with E-state index in [1.54, 1.807) is 24.0 Å². The molecule has 2 heterocycles. The Morgan fingerprint density at radius 3 is 3.00 bits per heavy atom. The molecule has 0 unspecified atom stereocenters. The fraction of sp³-hybridized carbons (Fsp3) is 0.455. The highest BCUT2D eigenvalue weighted by Crippen LogP contribution is 2.18. The van der Waals surface area contributed by atoms with Crippen molar-refractivity contribution in [1.29, 1.82) is 0 Å². The molecule has 0 N–H and O–H groups in total. The normalized spacial score (nSPS) is 14.9. The molecule has 1 aromatic heterocycles. The number of amides is 1. The molecule has 15 heavy (non-hydrogen) atoms. The predicted molar refractivity (Wildman–Crippen MR) is 61.2 cm³/mol. The van der Waals surface area contributed by atoms with Gasteiger partial charge in [0.2, 0.25) is 0 Å². The number of carbonyl (C=O) groups excluding carboxylic acids is 1. The van der Waals surface area contributed by atoms with Crippen molar-refractivity contribution in [1.82, 2.24) is 9.88 Å². The maximum atomic E-state index is 11.9. The first-order valence-corrected chi connectivity index (χ1v) is 6.18. The Kier molecular flexibility index (Phi) is 3.26. The van der Waals surface area contributed by atoms with Gasteiger partial charge in [0, 0.05) is 24.8 Å². The van der Waals surface area contributed by atoms with E-state index in [0.29, 0.717) is 0 Å². The van der Waals surface area contributed by atoms with Crippen molar-refractivity contribution in [3.05, 3.63) is 23.9 Å². The third-order valence-electron chi connectivity index (χ3n) is 2.42. The van der Waals surface area contributed by atoms with Crippen molar-refractivity contribution in [2.45, 2.75) is 18.4 Å². The molecule has 0 saturated carbocycles. The molecule has 80 valence electrons. The molecule has 1 aliphatic heterocycles. The van der Waals surface area contributed by atoms with E-state index >= 15 is 0 Å². The van der Waals surface area contributed by atoms with Crippen LogP contribution in [-0.2, 0) is 0 Å². The van der Waals surface area contributed by atoms with E-state index < -0.39 is 0 Å². The van der Waals surface area contributed by atoms with Gasteiger partial charge in [-0.05, 0) is 24.3 Å². The second kappa shape index (κ2) is 4.66. The van der Waals surface area contributed by atoms with Crippen LogP contribution in [0.5, 0.6) is 0 Å². The summed E-state index contributed by atoms with van der Waals surface area (Å²) in [5.41, 5.74) is 0.764. The van der Waals surface area contributed by atoms with Crippen molar-refractivity contribution in [2.24, 2.45) is 0 Å². The molecule has 1 aliphatic rings. The molecule has 1 amide bonds. The largest absolute Gasteiger partial charge is 0.339 e. The predicted octanol–water partition coefficient (Wildman–Crippen LogP) is 2.04. The first kappa shape index (κ1) is 10.5. The van der Waals surface area contributed by atoms with E-state index in [2.05, 4.69) is 11.9 Å². The van der Waals surface area contributed by atoms with Gasteiger partial charge in [-0.1, -0.05) is 6.92 Å². The Bertz CT molecular complexity index is 363. The van der Waals surface area contributed by atoms with Crippen LogP contribution in [0.2, 0.25) is 0 Å². The molecular weight excluding hydrogens is 208 g/mol. The van der Waals surface area contributed by atoms with Gasteiger partial charge in [-0.15, -0.1) is 11.8 Å². The van der Waals surface area contributed by atoms with Gasteiger partial charge in [0.25, 0.3) is 5.91 Å². The molecule has 4 heteroatoms. The lowest BCUT2D eigenvalue weighted by Gasteiger charge is -2.30. The SMILES string of the molecule is CCSc1cc(C(=O)N2CCC2)ccn1. The fourth-order valence-corrected chi connectivity index (χ4v) is 2.11. The minimum absolute atomic E-state index is 0.140. The average Bonchev–Trinajstić information content (AvgIpc) is 2.16. The standard InChI is InChI=1S/C11H14N2OS/c1-2-15-10-8-9(4-5-12-10)11(14)13-6-3-7-13/h4-5,8H,2-3,6-7H2,1H3. The van der Waals surface area contributed by atoms with Crippen LogP contribution >= 0.6 is 11.8 Å². The molecule has 0 bridgehead atoms. The van der Waals surface area contributed by atoms with Gasteiger partial charge in [-0.2, -0.15) is 0 Å². The smallest absolute Gasteiger partial charge is 0.254 e. The van der Waals surface area contributed by atoms with Gasteiger partial charge < -0.3 is 4.90 Å². The monoisotopic (exact) mass is 222 g/mol. The molecule has 3 nitrogen and oxygen atoms in total. The fourth-order valence-electron chi connectivity index (χ4n) is 1.47. The van der Waals surface area contributed by atoms with Crippen LogP contribution in [0.15, 0.2) is 23.4 Å². The number of hydrogen-bond donors (Lipinski definition) is 0. The summed E-state index contributed by atoms with van der Waals surface area (Å²) in [6.07, 6.45) is 2.85. The lowest BCUT2D eigenvalue weighted by atomic mass is 10.1. The summed E-state index contributed by atoms with van der Waals surface area (Å²) in [4.78, 5) is 18.0. The van der Waals surface area contributed by atoms with Crippen LogP contribution in [0.1, 0.15) is 23.7 Å². The molecule has 1 fully saturated rings. The Hall–Kier alpha value is -1.03. The topological polar surface area (TPSA) is 33.2 Å². The third-order valence-corrected chi connectivity index (χ3v) is 3.22. The van der Waals surface area contributed by atoms with E-state index in [4.69, 9.17) is 0 Å².